The zero-order valence-corrected chi connectivity index (χ0v) is 13.0. The van der Waals surface area contributed by atoms with Crippen LogP contribution in [-0.4, -0.2) is 31.4 Å². The van der Waals surface area contributed by atoms with Gasteiger partial charge < -0.3 is 9.84 Å². The number of aryl methyl sites for hydroxylation is 1. The second kappa shape index (κ2) is 4.05. The number of ether oxygens (including phenoxy) is 1. The maximum atomic E-state index is 12.6. The molecule has 1 aliphatic rings. The lowest BCUT2D eigenvalue weighted by atomic mass is 9.84. The first-order valence-corrected chi connectivity index (χ1v) is 7.67. The Morgan fingerprint density at radius 1 is 1.25 bits per heavy atom. The third-order valence-electron chi connectivity index (χ3n) is 4.39. The number of fused-ring (bicyclic) bond motifs is 1. The lowest BCUT2D eigenvalue weighted by Crippen LogP contribution is -2.44. The van der Waals surface area contributed by atoms with Gasteiger partial charge >= 0.3 is 5.97 Å². The highest BCUT2D eigenvalue weighted by molar-refractivity contribution is 7.93. The molecule has 20 heavy (non-hydrogen) atoms. The first kappa shape index (κ1) is 15.0. The zero-order chi connectivity index (χ0) is 15.5. The fraction of sp³-hybridized carbons (Fsp3) is 0.500. The Morgan fingerprint density at radius 3 is 2.30 bits per heavy atom. The standard InChI is InChI=1S/C14H18O5S/c1-8-6-10-11(7-9(8)12(15)19-5)20(17,18)13(2,3)14(10,4)16/h6-7,16H,1-5H3. The van der Waals surface area contributed by atoms with E-state index in [9.17, 15) is 18.3 Å². The number of methoxy groups -OCH3 is 1. The van der Waals surface area contributed by atoms with E-state index in [0.29, 0.717) is 11.1 Å². The van der Waals surface area contributed by atoms with E-state index in [-0.39, 0.29) is 10.5 Å². The summed E-state index contributed by atoms with van der Waals surface area (Å²) in [6, 6.07) is 2.85. The number of carbonyl (C=O) groups excluding carboxylic acids is 1. The molecule has 1 heterocycles. The number of carbonyl (C=O) groups is 1. The van der Waals surface area contributed by atoms with Gasteiger partial charge in [-0.2, -0.15) is 0 Å². The molecule has 2 rings (SSSR count). The number of hydrogen-bond acceptors (Lipinski definition) is 5. The summed E-state index contributed by atoms with van der Waals surface area (Å²) in [4.78, 5) is 11.7. The summed E-state index contributed by atoms with van der Waals surface area (Å²) in [7, 11) is -2.49. The number of hydrogen-bond donors (Lipinski definition) is 1. The van der Waals surface area contributed by atoms with E-state index in [2.05, 4.69) is 4.74 Å². The van der Waals surface area contributed by atoms with Crippen molar-refractivity contribution in [2.24, 2.45) is 0 Å². The van der Waals surface area contributed by atoms with Crippen molar-refractivity contribution in [3.8, 4) is 0 Å². The SMILES string of the molecule is COC(=O)c1cc2c(cc1C)C(C)(O)C(C)(C)S2(=O)=O. The van der Waals surface area contributed by atoms with Crippen molar-refractivity contribution in [3.63, 3.8) is 0 Å². The van der Waals surface area contributed by atoms with E-state index in [4.69, 9.17) is 0 Å². The molecule has 1 aromatic carbocycles. The Labute approximate surface area is 118 Å². The molecule has 1 atom stereocenters. The lowest BCUT2D eigenvalue weighted by Gasteiger charge is -2.32. The van der Waals surface area contributed by atoms with Crippen LogP contribution in [0.2, 0.25) is 0 Å². The van der Waals surface area contributed by atoms with E-state index in [1.54, 1.807) is 13.0 Å². The molecule has 5 nitrogen and oxygen atoms in total. The van der Waals surface area contributed by atoms with Crippen molar-refractivity contribution < 1.29 is 23.1 Å². The second-order valence-corrected chi connectivity index (χ2v) is 8.21. The molecule has 0 aromatic heterocycles. The van der Waals surface area contributed by atoms with Crippen LogP contribution in [0.1, 0.15) is 42.3 Å². The summed E-state index contributed by atoms with van der Waals surface area (Å²) < 4.78 is 28.5. The molecular formula is C14H18O5S. The van der Waals surface area contributed by atoms with E-state index in [1.807, 2.05) is 0 Å². The van der Waals surface area contributed by atoms with Crippen molar-refractivity contribution in [2.45, 2.75) is 42.9 Å². The molecule has 0 fully saturated rings. The van der Waals surface area contributed by atoms with Crippen molar-refractivity contribution in [3.05, 3.63) is 28.8 Å². The number of rotatable bonds is 1. The van der Waals surface area contributed by atoms with Gasteiger partial charge in [-0.15, -0.1) is 0 Å². The number of esters is 1. The van der Waals surface area contributed by atoms with Gasteiger partial charge in [0.05, 0.1) is 17.6 Å². The third kappa shape index (κ3) is 1.58. The van der Waals surface area contributed by atoms with Gasteiger partial charge in [0.2, 0.25) is 0 Å². The maximum absolute atomic E-state index is 12.6. The average Bonchev–Trinajstić information content (AvgIpc) is 2.45. The summed E-state index contributed by atoms with van der Waals surface area (Å²) in [5, 5.41) is 10.6. The minimum atomic E-state index is -3.73. The van der Waals surface area contributed by atoms with Gasteiger partial charge in [-0.25, -0.2) is 13.2 Å². The molecule has 0 saturated heterocycles. The van der Waals surface area contributed by atoms with Crippen molar-refractivity contribution in [1.82, 2.24) is 0 Å². The topological polar surface area (TPSA) is 80.7 Å². The third-order valence-corrected chi connectivity index (χ3v) is 7.05. The minimum Gasteiger partial charge on any atom is -0.465 e. The molecule has 6 heteroatoms. The molecule has 1 unspecified atom stereocenters. The van der Waals surface area contributed by atoms with E-state index in [0.717, 1.165) is 0 Å². The van der Waals surface area contributed by atoms with Gasteiger partial charge in [0, 0.05) is 5.56 Å². The van der Waals surface area contributed by atoms with E-state index in [1.165, 1.54) is 33.9 Å². The molecule has 110 valence electrons. The number of aliphatic hydroxyl groups is 1. The lowest BCUT2D eigenvalue weighted by molar-refractivity contribution is 0.0262. The quantitative estimate of drug-likeness (QED) is 0.796. The molecular weight excluding hydrogens is 280 g/mol. The molecule has 0 amide bonds. The zero-order valence-electron chi connectivity index (χ0n) is 12.1. The van der Waals surface area contributed by atoms with E-state index >= 15 is 0 Å². The fourth-order valence-electron chi connectivity index (χ4n) is 2.48. The number of benzene rings is 1. The Kier molecular flexibility index (Phi) is 3.04. The first-order valence-electron chi connectivity index (χ1n) is 6.19. The predicted octanol–water partition coefficient (Wildman–Crippen LogP) is 1.56. The van der Waals surface area contributed by atoms with E-state index < -0.39 is 26.2 Å². The Bertz CT molecular complexity index is 699. The highest BCUT2D eigenvalue weighted by atomic mass is 32.2. The maximum Gasteiger partial charge on any atom is 0.338 e. The van der Waals surface area contributed by atoms with Gasteiger partial charge in [0.25, 0.3) is 0 Å². The normalized spacial score (nSPS) is 26.1. The van der Waals surface area contributed by atoms with Crippen LogP contribution in [0.4, 0.5) is 0 Å². The molecule has 0 aliphatic carbocycles. The molecule has 0 radical (unpaired) electrons. The number of sulfone groups is 1. The molecule has 1 aliphatic heterocycles. The summed E-state index contributed by atoms with van der Waals surface area (Å²) >= 11 is 0. The monoisotopic (exact) mass is 298 g/mol. The molecule has 1 N–H and O–H groups in total. The smallest absolute Gasteiger partial charge is 0.338 e. The van der Waals surface area contributed by atoms with Crippen LogP contribution in [0, 0.1) is 6.92 Å². The van der Waals surface area contributed by atoms with Gasteiger partial charge in [-0.05, 0) is 39.3 Å². The summed E-state index contributed by atoms with van der Waals surface area (Å²) in [5.41, 5.74) is -0.416. The highest BCUT2D eigenvalue weighted by Crippen LogP contribution is 2.51. The Morgan fingerprint density at radius 2 is 1.80 bits per heavy atom. The molecule has 0 bridgehead atoms. The van der Waals surface area contributed by atoms with Crippen LogP contribution in [0.25, 0.3) is 0 Å². The predicted molar refractivity (Wildman–Crippen MR) is 73.4 cm³/mol. The fourth-order valence-corrected chi connectivity index (χ4v) is 4.48. The van der Waals surface area contributed by atoms with Gasteiger partial charge in [0.1, 0.15) is 10.3 Å². The second-order valence-electron chi connectivity index (χ2n) is 5.74. The van der Waals surface area contributed by atoms with Gasteiger partial charge in [-0.1, -0.05) is 6.07 Å². The highest BCUT2D eigenvalue weighted by Gasteiger charge is 2.59. The summed E-state index contributed by atoms with van der Waals surface area (Å²) in [6.45, 7) is 6.12. The van der Waals surface area contributed by atoms with Gasteiger partial charge in [-0.3, -0.25) is 0 Å². The molecule has 0 saturated carbocycles. The Balaban J connectivity index is 2.85. The molecule has 1 aromatic rings. The van der Waals surface area contributed by atoms with Crippen molar-refractivity contribution >= 4 is 15.8 Å². The van der Waals surface area contributed by atoms with Crippen LogP contribution in [-0.2, 0) is 20.2 Å². The van der Waals surface area contributed by atoms with Crippen LogP contribution in [0.3, 0.4) is 0 Å². The van der Waals surface area contributed by atoms with Crippen LogP contribution >= 0.6 is 0 Å². The largest absolute Gasteiger partial charge is 0.465 e. The first-order chi connectivity index (χ1) is 8.98. The molecule has 0 spiro atoms. The van der Waals surface area contributed by atoms with Gasteiger partial charge in [0.15, 0.2) is 9.84 Å². The minimum absolute atomic E-state index is 0.00139. The Hall–Kier alpha value is -1.40. The van der Waals surface area contributed by atoms with Crippen LogP contribution < -0.4 is 0 Å². The van der Waals surface area contributed by atoms with Crippen LogP contribution in [0.15, 0.2) is 17.0 Å². The average molecular weight is 298 g/mol. The summed E-state index contributed by atoms with van der Waals surface area (Å²) in [6.07, 6.45) is 0. The summed E-state index contributed by atoms with van der Waals surface area (Å²) in [5.74, 6) is -0.593. The van der Waals surface area contributed by atoms with Crippen molar-refractivity contribution in [1.29, 1.82) is 0 Å². The van der Waals surface area contributed by atoms with Crippen LogP contribution in [0.5, 0.6) is 0 Å². The van der Waals surface area contributed by atoms with Crippen molar-refractivity contribution in [2.75, 3.05) is 7.11 Å².